The topological polar surface area (TPSA) is 70.7 Å². The first-order chi connectivity index (χ1) is 13.7. The second kappa shape index (κ2) is 8.52. The van der Waals surface area contributed by atoms with Crippen molar-refractivity contribution in [1.82, 2.24) is 0 Å². The van der Waals surface area contributed by atoms with Crippen LogP contribution in [0.15, 0.2) is 42.5 Å². The van der Waals surface area contributed by atoms with Crippen LogP contribution in [-0.2, 0) is 15.7 Å². The highest BCUT2D eigenvalue weighted by atomic mass is 19.4. The predicted molar refractivity (Wildman–Crippen MR) is 103 cm³/mol. The third-order valence-corrected chi connectivity index (χ3v) is 4.35. The highest BCUT2D eigenvalue weighted by Crippen LogP contribution is 2.33. The molecule has 6 nitrogen and oxygen atoms in total. The summed E-state index contributed by atoms with van der Waals surface area (Å²) in [6.45, 7) is 3.57. The van der Waals surface area contributed by atoms with E-state index in [0.29, 0.717) is 32.0 Å². The number of para-hydroxylation sites is 2. The van der Waals surface area contributed by atoms with Crippen LogP contribution in [0.1, 0.15) is 22.8 Å². The molecule has 0 spiro atoms. The van der Waals surface area contributed by atoms with E-state index in [2.05, 4.69) is 10.6 Å². The number of carbonyl (C=O) groups is 2. The fraction of sp³-hybridized carbons (Fsp3) is 0.300. The number of morpholine rings is 1. The molecule has 0 saturated carbocycles. The van der Waals surface area contributed by atoms with E-state index >= 15 is 0 Å². The summed E-state index contributed by atoms with van der Waals surface area (Å²) in [7, 11) is 0. The van der Waals surface area contributed by atoms with E-state index in [4.69, 9.17) is 4.74 Å². The van der Waals surface area contributed by atoms with Crippen molar-refractivity contribution in [2.45, 2.75) is 13.1 Å². The van der Waals surface area contributed by atoms with E-state index in [1.807, 2.05) is 17.0 Å². The van der Waals surface area contributed by atoms with Crippen molar-refractivity contribution in [3.8, 4) is 0 Å². The average Bonchev–Trinajstić information content (AvgIpc) is 2.67. The van der Waals surface area contributed by atoms with E-state index < -0.39 is 23.6 Å². The van der Waals surface area contributed by atoms with E-state index in [-0.39, 0.29) is 11.3 Å². The average molecular weight is 407 g/mol. The minimum absolute atomic E-state index is 0.0982. The Kier molecular flexibility index (Phi) is 6.07. The van der Waals surface area contributed by atoms with Gasteiger partial charge in [-0.3, -0.25) is 9.59 Å². The summed E-state index contributed by atoms with van der Waals surface area (Å²) >= 11 is 0. The number of amides is 2. The number of hydrogen-bond acceptors (Lipinski definition) is 4. The van der Waals surface area contributed by atoms with Gasteiger partial charge >= 0.3 is 6.18 Å². The maximum atomic E-state index is 13.2. The van der Waals surface area contributed by atoms with Gasteiger partial charge in [-0.2, -0.15) is 13.2 Å². The Morgan fingerprint density at radius 2 is 1.72 bits per heavy atom. The number of halogens is 3. The van der Waals surface area contributed by atoms with Crippen molar-refractivity contribution in [3.05, 3.63) is 53.6 Å². The number of carbonyl (C=O) groups excluding carboxylic acids is 2. The smallest absolute Gasteiger partial charge is 0.378 e. The van der Waals surface area contributed by atoms with E-state index in [1.54, 1.807) is 12.1 Å². The quantitative estimate of drug-likeness (QED) is 0.810. The number of anilines is 3. The standard InChI is InChI=1S/C20H20F3N3O3/c1-13(27)24-16-11-14(10-15(12-16)20(21,22)23)19(28)25-17-4-2-3-5-18(17)26-6-8-29-9-7-26/h2-5,10-12H,6-9H2,1H3,(H,24,27)(H,25,28). The van der Waals surface area contributed by atoms with Crippen LogP contribution in [0.5, 0.6) is 0 Å². The van der Waals surface area contributed by atoms with Gasteiger partial charge in [0.05, 0.1) is 30.2 Å². The lowest BCUT2D eigenvalue weighted by Gasteiger charge is -2.30. The fourth-order valence-corrected chi connectivity index (χ4v) is 3.05. The predicted octanol–water partition coefficient (Wildman–Crippen LogP) is 3.75. The zero-order valence-electron chi connectivity index (χ0n) is 15.7. The summed E-state index contributed by atoms with van der Waals surface area (Å²) < 4.78 is 45.0. The van der Waals surface area contributed by atoms with Crippen molar-refractivity contribution in [3.63, 3.8) is 0 Å². The van der Waals surface area contributed by atoms with Crippen LogP contribution in [0.4, 0.5) is 30.2 Å². The molecule has 0 radical (unpaired) electrons. The van der Waals surface area contributed by atoms with Crippen LogP contribution >= 0.6 is 0 Å². The van der Waals surface area contributed by atoms with Crippen molar-refractivity contribution in [2.24, 2.45) is 0 Å². The molecule has 2 N–H and O–H groups in total. The Bertz CT molecular complexity index is 909. The highest BCUT2D eigenvalue weighted by Gasteiger charge is 2.32. The van der Waals surface area contributed by atoms with Crippen LogP contribution in [0.3, 0.4) is 0 Å². The summed E-state index contributed by atoms with van der Waals surface area (Å²) in [5.74, 6) is -1.24. The lowest BCUT2D eigenvalue weighted by molar-refractivity contribution is -0.137. The van der Waals surface area contributed by atoms with E-state index in [0.717, 1.165) is 17.8 Å². The van der Waals surface area contributed by atoms with Gasteiger partial charge in [0.25, 0.3) is 5.91 Å². The van der Waals surface area contributed by atoms with E-state index in [1.165, 1.54) is 13.0 Å². The molecule has 1 aliphatic heterocycles. The Hall–Kier alpha value is -3.07. The van der Waals surface area contributed by atoms with Gasteiger partial charge in [0.2, 0.25) is 5.91 Å². The second-order valence-corrected chi connectivity index (χ2v) is 6.55. The molecule has 2 aromatic carbocycles. The molecule has 2 amide bonds. The largest absolute Gasteiger partial charge is 0.416 e. The first-order valence-corrected chi connectivity index (χ1v) is 8.97. The fourth-order valence-electron chi connectivity index (χ4n) is 3.05. The van der Waals surface area contributed by atoms with Gasteiger partial charge in [0.1, 0.15) is 0 Å². The molecule has 1 saturated heterocycles. The second-order valence-electron chi connectivity index (χ2n) is 6.55. The van der Waals surface area contributed by atoms with Gasteiger partial charge < -0.3 is 20.3 Å². The van der Waals surface area contributed by atoms with Gasteiger partial charge in [0, 0.05) is 31.3 Å². The van der Waals surface area contributed by atoms with E-state index in [9.17, 15) is 22.8 Å². The van der Waals surface area contributed by atoms with Crippen LogP contribution in [0, 0.1) is 0 Å². The number of ether oxygens (including phenoxy) is 1. The molecule has 1 heterocycles. The molecule has 0 aromatic heterocycles. The van der Waals surface area contributed by atoms with Crippen LogP contribution in [0.2, 0.25) is 0 Å². The van der Waals surface area contributed by atoms with Gasteiger partial charge in [0.15, 0.2) is 0 Å². The molecule has 0 bridgehead atoms. The number of rotatable bonds is 4. The molecule has 0 aliphatic carbocycles. The third kappa shape index (κ3) is 5.26. The normalized spacial score (nSPS) is 14.4. The van der Waals surface area contributed by atoms with Crippen LogP contribution in [-0.4, -0.2) is 38.1 Å². The molecule has 9 heteroatoms. The first-order valence-electron chi connectivity index (χ1n) is 8.97. The van der Waals surface area contributed by atoms with Crippen molar-refractivity contribution in [1.29, 1.82) is 0 Å². The van der Waals surface area contributed by atoms with Gasteiger partial charge in [-0.05, 0) is 30.3 Å². The molecule has 2 aromatic rings. The lowest BCUT2D eigenvalue weighted by Crippen LogP contribution is -2.36. The zero-order chi connectivity index (χ0) is 21.0. The summed E-state index contributed by atoms with van der Waals surface area (Å²) in [4.78, 5) is 26.0. The monoisotopic (exact) mass is 407 g/mol. The summed E-state index contributed by atoms with van der Waals surface area (Å²) in [5, 5.41) is 4.98. The minimum Gasteiger partial charge on any atom is -0.378 e. The Morgan fingerprint density at radius 3 is 2.38 bits per heavy atom. The summed E-state index contributed by atoms with van der Waals surface area (Å²) in [5.41, 5.74) is -0.0780. The number of nitrogens with one attached hydrogen (secondary N) is 2. The lowest BCUT2D eigenvalue weighted by atomic mass is 10.1. The number of benzene rings is 2. The molecule has 0 atom stereocenters. The van der Waals surface area contributed by atoms with Crippen LogP contribution in [0.25, 0.3) is 0 Å². The van der Waals surface area contributed by atoms with Gasteiger partial charge in [-0.15, -0.1) is 0 Å². The molecular formula is C20H20F3N3O3. The van der Waals surface area contributed by atoms with Crippen molar-refractivity contribution < 1.29 is 27.5 Å². The van der Waals surface area contributed by atoms with Gasteiger partial charge in [-0.25, -0.2) is 0 Å². The molecule has 3 rings (SSSR count). The highest BCUT2D eigenvalue weighted by molar-refractivity contribution is 6.07. The Labute approximate surface area is 165 Å². The molecule has 0 unspecified atom stereocenters. The SMILES string of the molecule is CC(=O)Nc1cc(C(=O)Nc2ccccc2N2CCOCC2)cc(C(F)(F)F)c1. The molecule has 154 valence electrons. The summed E-state index contributed by atoms with van der Waals surface area (Å²) in [6.07, 6.45) is -4.66. The van der Waals surface area contributed by atoms with Crippen LogP contribution < -0.4 is 15.5 Å². The maximum absolute atomic E-state index is 13.2. The Balaban J connectivity index is 1.90. The summed E-state index contributed by atoms with van der Waals surface area (Å²) in [6, 6.07) is 9.83. The maximum Gasteiger partial charge on any atom is 0.416 e. The first kappa shape index (κ1) is 20.7. The molecular weight excluding hydrogens is 387 g/mol. The molecule has 1 fully saturated rings. The number of hydrogen-bond donors (Lipinski definition) is 2. The molecule has 1 aliphatic rings. The Morgan fingerprint density at radius 1 is 1.03 bits per heavy atom. The number of alkyl halides is 3. The minimum atomic E-state index is -4.66. The van der Waals surface area contributed by atoms with Gasteiger partial charge in [-0.1, -0.05) is 12.1 Å². The third-order valence-electron chi connectivity index (χ3n) is 4.35. The van der Waals surface area contributed by atoms with Crippen molar-refractivity contribution >= 4 is 28.9 Å². The number of nitrogens with zero attached hydrogens (tertiary/aromatic N) is 1. The van der Waals surface area contributed by atoms with Crippen molar-refractivity contribution in [2.75, 3.05) is 41.8 Å². The zero-order valence-corrected chi connectivity index (χ0v) is 15.7. The molecule has 29 heavy (non-hydrogen) atoms.